The molecule has 0 saturated heterocycles. The van der Waals surface area contributed by atoms with Gasteiger partial charge in [0.1, 0.15) is 5.92 Å². The molecule has 3 aromatic rings. The number of ketones is 2. The highest BCUT2D eigenvalue weighted by atomic mass is 16.2. The van der Waals surface area contributed by atoms with E-state index in [1.165, 1.54) is 0 Å². The minimum atomic E-state index is -0.995. The summed E-state index contributed by atoms with van der Waals surface area (Å²) in [6.07, 6.45) is 5.13. The SMILES string of the molecule is CC=CC=NN=C1c2ccccc2C(=O)C1C(=O)C(c1ccccc1)c1ccccc1. The summed E-state index contributed by atoms with van der Waals surface area (Å²) in [4.78, 5) is 27.3. The summed E-state index contributed by atoms with van der Waals surface area (Å²) < 4.78 is 0. The van der Waals surface area contributed by atoms with Crippen LogP contribution in [0.15, 0.2) is 107 Å². The minimum absolute atomic E-state index is 0.196. The third-order valence-electron chi connectivity index (χ3n) is 5.35. The number of allylic oxidation sites excluding steroid dienone is 2. The van der Waals surface area contributed by atoms with Crippen molar-refractivity contribution in [3.8, 4) is 0 Å². The van der Waals surface area contributed by atoms with E-state index in [9.17, 15) is 9.59 Å². The molecule has 152 valence electrons. The van der Waals surface area contributed by atoms with Crippen molar-refractivity contribution in [1.82, 2.24) is 0 Å². The lowest BCUT2D eigenvalue weighted by molar-refractivity contribution is -0.120. The maximum atomic E-state index is 14.0. The fourth-order valence-corrected chi connectivity index (χ4v) is 3.93. The van der Waals surface area contributed by atoms with Crippen molar-refractivity contribution in [1.29, 1.82) is 0 Å². The van der Waals surface area contributed by atoms with Gasteiger partial charge in [-0.25, -0.2) is 0 Å². The molecule has 31 heavy (non-hydrogen) atoms. The van der Waals surface area contributed by atoms with E-state index in [1.54, 1.807) is 24.4 Å². The molecular formula is C27H22N2O2. The molecule has 0 radical (unpaired) electrons. The monoisotopic (exact) mass is 406 g/mol. The van der Waals surface area contributed by atoms with E-state index in [-0.39, 0.29) is 11.6 Å². The average Bonchev–Trinajstić information content (AvgIpc) is 3.10. The summed E-state index contributed by atoms with van der Waals surface area (Å²) in [6.45, 7) is 1.88. The van der Waals surface area contributed by atoms with E-state index in [0.717, 1.165) is 11.1 Å². The summed E-state index contributed by atoms with van der Waals surface area (Å²) in [5, 5.41) is 8.40. The first-order chi connectivity index (χ1) is 15.2. The Kier molecular flexibility index (Phi) is 6.08. The van der Waals surface area contributed by atoms with Crippen molar-refractivity contribution in [2.45, 2.75) is 12.8 Å². The maximum absolute atomic E-state index is 14.0. The Morgan fingerprint density at radius 2 is 1.39 bits per heavy atom. The smallest absolute Gasteiger partial charge is 0.180 e. The lowest BCUT2D eigenvalue weighted by Crippen LogP contribution is -2.31. The van der Waals surface area contributed by atoms with Crippen molar-refractivity contribution >= 4 is 23.5 Å². The van der Waals surface area contributed by atoms with Crippen LogP contribution in [0, 0.1) is 5.92 Å². The van der Waals surface area contributed by atoms with Crippen LogP contribution < -0.4 is 0 Å². The van der Waals surface area contributed by atoms with E-state index in [4.69, 9.17) is 0 Å². The number of hydrogen-bond acceptors (Lipinski definition) is 4. The summed E-state index contributed by atoms with van der Waals surface area (Å²) in [5.74, 6) is -1.99. The molecule has 1 aliphatic carbocycles. The molecule has 4 rings (SSSR count). The van der Waals surface area contributed by atoms with Crippen LogP contribution in [-0.4, -0.2) is 23.5 Å². The largest absolute Gasteiger partial charge is 0.297 e. The Labute approximate surface area is 181 Å². The molecule has 0 amide bonds. The summed E-state index contributed by atoms with van der Waals surface area (Å²) in [7, 11) is 0. The highest BCUT2D eigenvalue weighted by Crippen LogP contribution is 2.35. The van der Waals surface area contributed by atoms with Crippen LogP contribution in [0.2, 0.25) is 0 Å². The molecule has 1 unspecified atom stereocenters. The highest BCUT2D eigenvalue weighted by molar-refractivity contribution is 6.38. The van der Waals surface area contributed by atoms with Crippen molar-refractivity contribution in [2.75, 3.05) is 0 Å². The number of carbonyl (C=O) groups excluding carboxylic acids is 2. The van der Waals surface area contributed by atoms with Gasteiger partial charge in [-0.2, -0.15) is 10.2 Å². The van der Waals surface area contributed by atoms with Crippen LogP contribution in [0.1, 0.15) is 39.9 Å². The normalized spacial score (nSPS) is 17.2. The molecule has 0 spiro atoms. The average molecular weight is 406 g/mol. The second kappa shape index (κ2) is 9.26. The Hall–Kier alpha value is -3.92. The van der Waals surface area contributed by atoms with Crippen molar-refractivity contribution in [2.24, 2.45) is 16.1 Å². The quantitative estimate of drug-likeness (QED) is 0.319. The van der Waals surface area contributed by atoms with Gasteiger partial charge in [0.2, 0.25) is 0 Å². The van der Waals surface area contributed by atoms with Gasteiger partial charge in [0, 0.05) is 17.3 Å². The van der Waals surface area contributed by atoms with Gasteiger partial charge in [-0.05, 0) is 24.1 Å². The number of hydrogen-bond donors (Lipinski definition) is 0. The fraction of sp³-hybridized carbons (Fsp3) is 0.111. The van der Waals surface area contributed by atoms with E-state index >= 15 is 0 Å². The second-order valence-electron chi connectivity index (χ2n) is 7.28. The second-order valence-corrected chi connectivity index (χ2v) is 7.28. The molecule has 0 saturated carbocycles. The number of rotatable bonds is 6. The van der Waals surface area contributed by atoms with Gasteiger partial charge in [-0.3, -0.25) is 9.59 Å². The first-order valence-corrected chi connectivity index (χ1v) is 10.2. The van der Waals surface area contributed by atoms with Crippen LogP contribution in [0.3, 0.4) is 0 Å². The highest BCUT2D eigenvalue weighted by Gasteiger charge is 2.44. The Balaban J connectivity index is 1.83. The number of benzene rings is 3. The van der Waals surface area contributed by atoms with Gasteiger partial charge in [0.15, 0.2) is 11.6 Å². The van der Waals surface area contributed by atoms with Crippen LogP contribution in [0.25, 0.3) is 0 Å². The summed E-state index contributed by atoms with van der Waals surface area (Å²) >= 11 is 0. The molecule has 0 bridgehead atoms. The van der Waals surface area contributed by atoms with Crippen LogP contribution in [0.5, 0.6) is 0 Å². The first kappa shape index (κ1) is 20.4. The molecule has 1 atom stereocenters. The number of nitrogens with zero attached hydrogens (tertiary/aromatic N) is 2. The number of carbonyl (C=O) groups is 2. The third-order valence-corrected chi connectivity index (χ3v) is 5.35. The Morgan fingerprint density at radius 1 is 0.839 bits per heavy atom. The topological polar surface area (TPSA) is 58.9 Å². The molecule has 3 aromatic carbocycles. The van der Waals surface area contributed by atoms with Crippen molar-refractivity contribution in [3.63, 3.8) is 0 Å². The van der Waals surface area contributed by atoms with E-state index in [1.807, 2.05) is 85.8 Å². The third kappa shape index (κ3) is 4.05. The van der Waals surface area contributed by atoms with Gasteiger partial charge in [-0.15, -0.1) is 0 Å². The van der Waals surface area contributed by atoms with E-state index in [0.29, 0.717) is 16.8 Å². The van der Waals surface area contributed by atoms with Crippen LogP contribution in [-0.2, 0) is 4.79 Å². The fourth-order valence-electron chi connectivity index (χ4n) is 3.93. The number of fused-ring (bicyclic) bond motifs is 1. The van der Waals surface area contributed by atoms with Crippen LogP contribution >= 0.6 is 0 Å². The summed E-state index contributed by atoms with van der Waals surface area (Å²) in [5.41, 5.74) is 3.28. The molecule has 4 nitrogen and oxygen atoms in total. The predicted octanol–water partition coefficient (Wildman–Crippen LogP) is 5.25. The number of Topliss-reactive ketones (excluding diaryl/α,β-unsaturated/α-hetero) is 2. The molecule has 4 heteroatoms. The molecule has 1 aliphatic rings. The van der Waals surface area contributed by atoms with E-state index in [2.05, 4.69) is 10.2 Å². The molecule has 0 aromatic heterocycles. The van der Waals surface area contributed by atoms with Crippen LogP contribution in [0.4, 0.5) is 0 Å². The molecule has 0 fully saturated rings. The summed E-state index contributed by atoms with van der Waals surface area (Å²) in [6, 6.07) is 26.3. The molecule has 0 heterocycles. The first-order valence-electron chi connectivity index (χ1n) is 10.2. The predicted molar refractivity (Wildman–Crippen MR) is 124 cm³/mol. The lowest BCUT2D eigenvalue weighted by atomic mass is 9.80. The van der Waals surface area contributed by atoms with Gasteiger partial charge >= 0.3 is 0 Å². The standard InChI is InChI=1S/C27H22N2O2/c1-2-3-18-28-29-25-21-16-10-11-17-22(21)26(30)24(25)27(31)23(19-12-6-4-7-13-19)20-14-8-5-9-15-20/h2-18,23-24H,1H3. The Morgan fingerprint density at radius 3 is 1.97 bits per heavy atom. The van der Waals surface area contributed by atoms with Gasteiger partial charge in [-0.1, -0.05) is 91.0 Å². The van der Waals surface area contributed by atoms with Gasteiger partial charge in [0.05, 0.1) is 11.6 Å². The lowest BCUT2D eigenvalue weighted by Gasteiger charge is -2.20. The molecule has 0 N–H and O–H groups in total. The molecule has 0 aliphatic heterocycles. The van der Waals surface area contributed by atoms with Crippen molar-refractivity contribution < 1.29 is 9.59 Å². The van der Waals surface area contributed by atoms with Gasteiger partial charge in [0.25, 0.3) is 0 Å². The zero-order valence-corrected chi connectivity index (χ0v) is 17.2. The Bertz CT molecular complexity index is 1140. The molecular weight excluding hydrogens is 384 g/mol. The minimum Gasteiger partial charge on any atom is -0.297 e. The maximum Gasteiger partial charge on any atom is 0.180 e. The zero-order valence-electron chi connectivity index (χ0n) is 17.2. The van der Waals surface area contributed by atoms with Gasteiger partial charge < -0.3 is 0 Å². The zero-order chi connectivity index (χ0) is 21.6. The van der Waals surface area contributed by atoms with Crippen molar-refractivity contribution in [3.05, 3.63) is 119 Å². The van der Waals surface area contributed by atoms with E-state index < -0.39 is 11.8 Å².